The summed E-state index contributed by atoms with van der Waals surface area (Å²) in [6.45, 7) is 1.85. The number of nitrogens with zero attached hydrogens (tertiary/aromatic N) is 3. The summed E-state index contributed by atoms with van der Waals surface area (Å²) in [7, 11) is 1.89. The minimum absolute atomic E-state index is 0. The van der Waals surface area contributed by atoms with Crippen molar-refractivity contribution in [2.45, 2.75) is 12.8 Å². The molecule has 0 aliphatic carbocycles. The smallest absolute Gasteiger partial charge is 0.271 e. The Kier molecular flexibility index (Phi) is 6.98. The first kappa shape index (κ1) is 20.9. The van der Waals surface area contributed by atoms with Crippen LogP contribution in [0.15, 0.2) is 18.2 Å². The van der Waals surface area contributed by atoms with Crippen LogP contribution in [0.1, 0.15) is 12.8 Å². The Balaban J connectivity index is 0.00000261. The number of non-ortho nitro benzene ring substituents is 1. The molecule has 1 saturated heterocycles. The van der Waals surface area contributed by atoms with Crippen LogP contribution in [0.3, 0.4) is 0 Å². The third-order valence-electron chi connectivity index (χ3n) is 4.75. The van der Waals surface area contributed by atoms with E-state index in [1.54, 1.807) is 4.90 Å². The summed E-state index contributed by atoms with van der Waals surface area (Å²) in [6.07, 6.45) is 1.99. The standard InChI is InChI=1S/C17H22N4O5.ClH/c1-18-8-12-3-2-6-19(9-12)16(22)10-20-14-7-13(21(24)25)4-5-15(14)26-11-17(20)23;/h4-5,7,12,18H,2-3,6,8-11H2,1H3;1H. The number of nitrogens with one attached hydrogen (secondary N) is 1. The maximum Gasteiger partial charge on any atom is 0.271 e. The number of rotatable bonds is 5. The van der Waals surface area contributed by atoms with Gasteiger partial charge in [-0.1, -0.05) is 0 Å². The molecule has 2 aliphatic rings. The van der Waals surface area contributed by atoms with E-state index in [1.165, 1.54) is 23.1 Å². The number of halogens is 1. The van der Waals surface area contributed by atoms with Crippen LogP contribution < -0.4 is 15.0 Å². The molecule has 1 unspecified atom stereocenters. The van der Waals surface area contributed by atoms with Crippen LogP contribution in [-0.2, 0) is 9.59 Å². The molecule has 0 bridgehead atoms. The van der Waals surface area contributed by atoms with E-state index in [4.69, 9.17) is 4.74 Å². The molecule has 1 atom stereocenters. The molecule has 1 fully saturated rings. The number of carbonyl (C=O) groups excluding carboxylic acids is 2. The van der Waals surface area contributed by atoms with Gasteiger partial charge in [0.2, 0.25) is 5.91 Å². The van der Waals surface area contributed by atoms with Crippen LogP contribution in [0, 0.1) is 16.0 Å². The lowest BCUT2D eigenvalue weighted by Crippen LogP contribution is -2.49. The number of amides is 2. The Morgan fingerprint density at radius 1 is 1.44 bits per heavy atom. The number of carbonyl (C=O) groups is 2. The zero-order valence-electron chi connectivity index (χ0n) is 15.1. The van der Waals surface area contributed by atoms with Gasteiger partial charge < -0.3 is 15.0 Å². The predicted molar refractivity (Wildman–Crippen MR) is 101 cm³/mol. The molecule has 27 heavy (non-hydrogen) atoms. The molecule has 9 nitrogen and oxygen atoms in total. The van der Waals surface area contributed by atoms with Gasteiger partial charge in [-0.2, -0.15) is 0 Å². The number of hydrogen-bond donors (Lipinski definition) is 1. The highest BCUT2D eigenvalue weighted by molar-refractivity contribution is 6.02. The van der Waals surface area contributed by atoms with Gasteiger partial charge in [-0.3, -0.25) is 24.6 Å². The van der Waals surface area contributed by atoms with Crippen LogP contribution >= 0.6 is 12.4 Å². The molecule has 1 aromatic carbocycles. The number of fused-ring (bicyclic) bond motifs is 1. The number of likely N-dealkylation sites (tertiary alicyclic amines) is 1. The van der Waals surface area contributed by atoms with E-state index in [2.05, 4.69) is 5.32 Å². The van der Waals surface area contributed by atoms with Crippen LogP contribution in [-0.4, -0.2) is 61.5 Å². The maximum absolute atomic E-state index is 12.7. The van der Waals surface area contributed by atoms with E-state index in [0.717, 1.165) is 19.4 Å². The summed E-state index contributed by atoms with van der Waals surface area (Å²) in [5.74, 6) is 0.231. The van der Waals surface area contributed by atoms with Crippen molar-refractivity contribution in [2.75, 3.05) is 44.7 Å². The Morgan fingerprint density at radius 2 is 2.22 bits per heavy atom. The third kappa shape index (κ3) is 4.67. The molecule has 0 radical (unpaired) electrons. The zero-order chi connectivity index (χ0) is 18.7. The third-order valence-corrected chi connectivity index (χ3v) is 4.75. The zero-order valence-corrected chi connectivity index (χ0v) is 15.9. The van der Waals surface area contributed by atoms with Gasteiger partial charge in [0.05, 0.1) is 10.6 Å². The first-order chi connectivity index (χ1) is 12.5. The Morgan fingerprint density at radius 3 is 2.93 bits per heavy atom. The van der Waals surface area contributed by atoms with Gasteiger partial charge in [-0.25, -0.2) is 0 Å². The van der Waals surface area contributed by atoms with Gasteiger partial charge in [0.1, 0.15) is 12.3 Å². The van der Waals surface area contributed by atoms with Crippen molar-refractivity contribution in [3.05, 3.63) is 28.3 Å². The van der Waals surface area contributed by atoms with Gasteiger partial charge in [0.25, 0.3) is 11.6 Å². The summed E-state index contributed by atoms with van der Waals surface area (Å²) in [5.41, 5.74) is 0.124. The molecule has 2 amide bonds. The van der Waals surface area contributed by atoms with Crippen molar-refractivity contribution in [3.63, 3.8) is 0 Å². The number of ether oxygens (including phenoxy) is 1. The molecular weight excluding hydrogens is 376 g/mol. The number of benzene rings is 1. The highest BCUT2D eigenvalue weighted by Gasteiger charge is 2.31. The van der Waals surface area contributed by atoms with Gasteiger partial charge in [0.15, 0.2) is 6.61 Å². The molecule has 1 N–H and O–H groups in total. The summed E-state index contributed by atoms with van der Waals surface area (Å²) in [6, 6.07) is 4.06. The summed E-state index contributed by atoms with van der Waals surface area (Å²) in [5, 5.41) is 14.2. The summed E-state index contributed by atoms with van der Waals surface area (Å²) < 4.78 is 5.33. The van der Waals surface area contributed by atoms with E-state index in [1.807, 2.05) is 7.05 Å². The highest BCUT2D eigenvalue weighted by Crippen LogP contribution is 2.35. The van der Waals surface area contributed by atoms with Crippen LogP contribution in [0.5, 0.6) is 5.75 Å². The van der Waals surface area contributed by atoms with Crippen molar-refractivity contribution in [2.24, 2.45) is 5.92 Å². The quantitative estimate of drug-likeness (QED) is 0.590. The minimum atomic E-state index is -0.535. The first-order valence-corrected chi connectivity index (χ1v) is 8.63. The van der Waals surface area contributed by atoms with E-state index in [0.29, 0.717) is 24.8 Å². The van der Waals surface area contributed by atoms with E-state index >= 15 is 0 Å². The lowest BCUT2D eigenvalue weighted by molar-refractivity contribution is -0.384. The van der Waals surface area contributed by atoms with Gasteiger partial charge in [-0.05, 0) is 38.4 Å². The maximum atomic E-state index is 12.7. The number of anilines is 1. The number of nitro benzene ring substituents is 1. The van der Waals surface area contributed by atoms with Gasteiger partial charge >= 0.3 is 0 Å². The Hall–Kier alpha value is -2.39. The van der Waals surface area contributed by atoms with Crippen LogP contribution in [0.4, 0.5) is 11.4 Å². The molecule has 148 valence electrons. The van der Waals surface area contributed by atoms with E-state index in [-0.39, 0.29) is 48.7 Å². The van der Waals surface area contributed by atoms with Crippen molar-refractivity contribution in [3.8, 4) is 5.75 Å². The normalized spacial score (nSPS) is 19.0. The van der Waals surface area contributed by atoms with Crippen molar-refractivity contribution in [1.82, 2.24) is 10.2 Å². The minimum Gasteiger partial charge on any atom is -0.482 e. The van der Waals surface area contributed by atoms with Crippen molar-refractivity contribution >= 4 is 35.6 Å². The second kappa shape index (κ2) is 9.01. The fourth-order valence-electron chi connectivity index (χ4n) is 3.46. The molecule has 1 aromatic rings. The van der Waals surface area contributed by atoms with Crippen molar-refractivity contribution < 1.29 is 19.2 Å². The molecule has 0 spiro atoms. The molecule has 0 aromatic heterocycles. The summed E-state index contributed by atoms with van der Waals surface area (Å²) in [4.78, 5) is 38.5. The molecule has 3 rings (SSSR count). The molecule has 2 heterocycles. The molecule has 0 saturated carbocycles. The Bertz CT molecular complexity index is 727. The van der Waals surface area contributed by atoms with Gasteiger partial charge in [-0.15, -0.1) is 12.4 Å². The monoisotopic (exact) mass is 398 g/mol. The van der Waals surface area contributed by atoms with E-state index < -0.39 is 4.92 Å². The van der Waals surface area contributed by atoms with Crippen LogP contribution in [0.25, 0.3) is 0 Å². The lowest BCUT2D eigenvalue weighted by atomic mass is 9.98. The summed E-state index contributed by atoms with van der Waals surface area (Å²) >= 11 is 0. The molecule has 10 heteroatoms. The van der Waals surface area contributed by atoms with Gasteiger partial charge in [0, 0.05) is 25.2 Å². The number of piperidine rings is 1. The van der Waals surface area contributed by atoms with Crippen molar-refractivity contribution in [1.29, 1.82) is 0 Å². The predicted octanol–water partition coefficient (Wildman–Crippen LogP) is 1.20. The number of hydrogen-bond acceptors (Lipinski definition) is 6. The number of nitro groups is 1. The Labute approximate surface area is 163 Å². The fraction of sp³-hybridized carbons (Fsp3) is 0.529. The van der Waals surface area contributed by atoms with E-state index in [9.17, 15) is 19.7 Å². The average molecular weight is 399 g/mol. The molecule has 2 aliphatic heterocycles. The SMILES string of the molecule is CNCC1CCCN(C(=O)CN2C(=O)COc3ccc([N+](=O)[O-])cc32)C1.Cl. The topological polar surface area (TPSA) is 105 Å². The first-order valence-electron chi connectivity index (χ1n) is 8.63. The molecular formula is C17H23ClN4O5. The second-order valence-corrected chi connectivity index (χ2v) is 6.58. The highest BCUT2D eigenvalue weighted by atomic mass is 35.5. The lowest BCUT2D eigenvalue weighted by Gasteiger charge is -2.35. The average Bonchev–Trinajstić information content (AvgIpc) is 2.64. The van der Waals surface area contributed by atoms with Crippen LogP contribution in [0.2, 0.25) is 0 Å². The second-order valence-electron chi connectivity index (χ2n) is 6.58. The largest absolute Gasteiger partial charge is 0.482 e. The fourth-order valence-corrected chi connectivity index (χ4v) is 3.46.